The Morgan fingerprint density at radius 2 is 1.96 bits per heavy atom. The number of aryl methyl sites for hydroxylation is 1. The lowest BCUT2D eigenvalue weighted by atomic mass is 10.2. The van der Waals surface area contributed by atoms with Gasteiger partial charge in [0.15, 0.2) is 0 Å². The van der Waals surface area contributed by atoms with E-state index < -0.39 is 5.60 Å². The number of aromatic nitrogens is 3. The molecule has 9 heteroatoms. The van der Waals surface area contributed by atoms with E-state index in [0.29, 0.717) is 48.5 Å². The van der Waals surface area contributed by atoms with Gasteiger partial charge in [0.05, 0.1) is 0 Å². The standard InChI is InChI=1S/C17H24BrN5O3/c1-5-11-14(15(24)23-13(19-11)10-12(18)20-23)21-6-8-22(9-7-21)16(25)26-17(2,3)4/h10,19H,5-9H2,1-4H3. The molecular weight excluding hydrogens is 402 g/mol. The van der Waals surface area contributed by atoms with Crippen LogP contribution in [0.3, 0.4) is 0 Å². The third kappa shape index (κ3) is 3.72. The van der Waals surface area contributed by atoms with Gasteiger partial charge in [0.1, 0.15) is 21.5 Å². The van der Waals surface area contributed by atoms with Crippen molar-refractivity contribution < 1.29 is 9.53 Å². The van der Waals surface area contributed by atoms with Gasteiger partial charge >= 0.3 is 6.09 Å². The fourth-order valence-corrected chi connectivity index (χ4v) is 3.44. The average Bonchev–Trinajstić information content (AvgIpc) is 2.94. The number of aromatic amines is 1. The first-order valence-corrected chi connectivity index (χ1v) is 9.52. The molecule has 0 aliphatic carbocycles. The zero-order chi connectivity index (χ0) is 19.1. The highest BCUT2D eigenvalue weighted by molar-refractivity contribution is 9.10. The van der Waals surface area contributed by atoms with E-state index in [9.17, 15) is 9.59 Å². The number of nitrogens with one attached hydrogen (secondary N) is 1. The molecule has 1 aliphatic rings. The van der Waals surface area contributed by atoms with Crippen LogP contribution in [-0.2, 0) is 11.2 Å². The van der Waals surface area contributed by atoms with Crippen LogP contribution in [0, 0.1) is 0 Å². The van der Waals surface area contributed by atoms with Gasteiger partial charge in [-0.1, -0.05) is 6.92 Å². The Bertz CT molecular complexity index is 875. The monoisotopic (exact) mass is 425 g/mol. The molecule has 1 fully saturated rings. The van der Waals surface area contributed by atoms with Crippen molar-refractivity contribution in [3.8, 4) is 0 Å². The first-order valence-electron chi connectivity index (χ1n) is 8.73. The molecule has 0 aromatic carbocycles. The number of hydrogen-bond acceptors (Lipinski definition) is 5. The Kier molecular flexibility index (Phi) is 5.01. The van der Waals surface area contributed by atoms with Gasteiger partial charge in [-0.3, -0.25) is 4.79 Å². The maximum Gasteiger partial charge on any atom is 0.410 e. The van der Waals surface area contributed by atoms with Crippen molar-refractivity contribution >= 4 is 33.4 Å². The molecule has 0 saturated carbocycles. The molecule has 0 atom stereocenters. The van der Waals surface area contributed by atoms with E-state index in [1.54, 1.807) is 11.0 Å². The predicted octanol–water partition coefficient (Wildman–Crippen LogP) is 2.40. The molecule has 142 valence electrons. The van der Waals surface area contributed by atoms with Crippen LogP contribution in [0.25, 0.3) is 5.65 Å². The minimum atomic E-state index is -0.515. The van der Waals surface area contributed by atoms with E-state index in [-0.39, 0.29) is 11.7 Å². The molecule has 2 aromatic rings. The van der Waals surface area contributed by atoms with Crippen LogP contribution >= 0.6 is 15.9 Å². The molecule has 3 rings (SSSR count). The van der Waals surface area contributed by atoms with Crippen LogP contribution in [0.4, 0.5) is 10.5 Å². The second kappa shape index (κ2) is 6.94. The Balaban J connectivity index is 1.82. The van der Waals surface area contributed by atoms with E-state index in [0.717, 1.165) is 5.69 Å². The van der Waals surface area contributed by atoms with Gasteiger partial charge in [-0.05, 0) is 43.1 Å². The normalized spacial score (nSPS) is 15.6. The fourth-order valence-electron chi connectivity index (χ4n) is 3.06. The van der Waals surface area contributed by atoms with Crippen molar-refractivity contribution in [2.75, 3.05) is 31.1 Å². The lowest BCUT2D eigenvalue weighted by Crippen LogP contribution is -2.51. The molecule has 2 aromatic heterocycles. The summed E-state index contributed by atoms with van der Waals surface area (Å²) >= 11 is 3.31. The number of carbonyl (C=O) groups excluding carboxylic acids is 1. The number of nitrogens with zero attached hydrogens (tertiary/aromatic N) is 4. The van der Waals surface area contributed by atoms with Gasteiger partial charge in [0, 0.05) is 37.9 Å². The van der Waals surface area contributed by atoms with Crippen LogP contribution in [0.15, 0.2) is 15.5 Å². The molecule has 1 amide bonds. The highest BCUT2D eigenvalue weighted by Crippen LogP contribution is 2.20. The Morgan fingerprint density at radius 1 is 1.31 bits per heavy atom. The van der Waals surface area contributed by atoms with Crippen LogP contribution in [-0.4, -0.2) is 57.4 Å². The number of H-pyrrole nitrogens is 1. The third-order valence-electron chi connectivity index (χ3n) is 4.24. The van der Waals surface area contributed by atoms with Crippen molar-refractivity contribution in [1.82, 2.24) is 19.5 Å². The summed E-state index contributed by atoms with van der Waals surface area (Å²) in [6.45, 7) is 9.74. The average molecular weight is 426 g/mol. The summed E-state index contributed by atoms with van der Waals surface area (Å²) in [5, 5.41) is 4.21. The van der Waals surface area contributed by atoms with Crippen molar-refractivity contribution in [3.05, 3.63) is 26.7 Å². The maximum atomic E-state index is 12.9. The molecule has 8 nitrogen and oxygen atoms in total. The molecule has 1 N–H and O–H groups in total. The number of fused-ring (bicyclic) bond motifs is 1. The van der Waals surface area contributed by atoms with Gasteiger partial charge in [0.2, 0.25) is 0 Å². The largest absolute Gasteiger partial charge is 0.444 e. The van der Waals surface area contributed by atoms with Crippen molar-refractivity contribution in [2.24, 2.45) is 0 Å². The zero-order valence-electron chi connectivity index (χ0n) is 15.5. The minimum absolute atomic E-state index is 0.146. The molecule has 0 bridgehead atoms. The van der Waals surface area contributed by atoms with Crippen LogP contribution in [0.2, 0.25) is 0 Å². The lowest BCUT2D eigenvalue weighted by molar-refractivity contribution is 0.0240. The number of ether oxygens (including phenoxy) is 1. The first-order chi connectivity index (χ1) is 12.2. The molecule has 0 radical (unpaired) electrons. The highest BCUT2D eigenvalue weighted by atomic mass is 79.9. The summed E-state index contributed by atoms with van der Waals surface area (Å²) in [5.74, 6) is 0. The number of hydrogen-bond donors (Lipinski definition) is 1. The van der Waals surface area contributed by atoms with Gasteiger partial charge in [-0.25, -0.2) is 4.79 Å². The topological polar surface area (TPSA) is 82.9 Å². The molecule has 1 aliphatic heterocycles. The quantitative estimate of drug-likeness (QED) is 0.798. The summed E-state index contributed by atoms with van der Waals surface area (Å²) < 4.78 is 7.41. The van der Waals surface area contributed by atoms with E-state index in [1.807, 2.05) is 32.6 Å². The van der Waals surface area contributed by atoms with Crippen LogP contribution in [0.5, 0.6) is 0 Å². The minimum Gasteiger partial charge on any atom is -0.444 e. The highest BCUT2D eigenvalue weighted by Gasteiger charge is 2.28. The van der Waals surface area contributed by atoms with E-state index in [1.165, 1.54) is 4.52 Å². The maximum absolute atomic E-state index is 12.9. The summed E-state index contributed by atoms with van der Waals surface area (Å²) in [7, 11) is 0. The number of carbonyl (C=O) groups is 1. The third-order valence-corrected chi connectivity index (χ3v) is 4.63. The SMILES string of the molecule is CCc1[nH]c2cc(Br)nn2c(=O)c1N1CCN(C(=O)OC(C)(C)C)CC1. The van der Waals surface area contributed by atoms with Crippen LogP contribution in [0.1, 0.15) is 33.4 Å². The fraction of sp³-hybridized carbons (Fsp3) is 0.588. The van der Waals surface area contributed by atoms with Crippen molar-refractivity contribution in [2.45, 2.75) is 39.7 Å². The van der Waals surface area contributed by atoms with E-state index in [2.05, 4.69) is 26.0 Å². The summed E-state index contributed by atoms with van der Waals surface area (Å²) in [6, 6.07) is 1.78. The zero-order valence-corrected chi connectivity index (χ0v) is 17.1. The van der Waals surface area contributed by atoms with Crippen molar-refractivity contribution in [3.63, 3.8) is 0 Å². The molecule has 26 heavy (non-hydrogen) atoms. The summed E-state index contributed by atoms with van der Waals surface area (Å²) in [5.41, 5.74) is 1.50. The van der Waals surface area contributed by atoms with Gasteiger partial charge in [0.25, 0.3) is 5.56 Å². The first kappa shape index (κ1) is 18.8. The molecule has 0 unspecified atom stereocenters. The predicted molar refractivity (Wildman–Crippen MR) is 103 cm³/mol. The van der Waals surface area contributed by atoms with E-state index >= 15 is 0 Å². The number of halogens is 1. The number of anilines is 1. The van der Waals surface area contributed by atoms with Crippen molar-refractivity contribution in [1.29, 1.82) is 0 Å². The summed E-state index contributed by atoms with van der Waals surface area (Å²) in [6.07, 6.45) is 0.393. The molecular formula is C17H24BrN5O3. The van der Waals surface area contributed by atoms with Crippen LogP contribution < -0.4 is 10.5 Å². The van der Waals surface area contributed by atoms with E-state index in [4.69, 9.17) is 4.74 Å². The second-order valence-corrected chi connectivity index (χ2v) is 8.14. The Labute approximate surface area is 160 Å². The second-order valence-electron chi connectivity index (χ2n) is 7.33. The Hall–Kier alpha value is -2.03. The molecule has 0 spiro atoms. The van der Waals surface area contributed by atoms with Gasteiger partial charge in [-0.2, -0.15) is 9.61 Å². The smallest absolute Gasteiger partial charge is 0.410 e. The van der Waals surface area contributed by atoms with Gasteiger partial charge < -0.3 is 19.5 Å². The Morgan fingerprint density at radius 3 is 2.54 bits per heavy atom. The lowest BCUT2D eigenvalue weighted by Gasteiger charge is -2.36. The molecule has 3 heterocycles. The number of piperazine rings is 1. The number of rotatable bonds is 2. The molecule has 1 saturated heterocycles. The van der Waals surface area contributed by atoms with Gasteiger partial charge in [-0.15, -0.1) is 0 Å². The number of amides is 1. The summed E-state index contributed by atoms with van der Waals surface area (Å²) in [4.78, 5) is 32.2.